The Balaban J connectivity index is 1.72. The molecule has 0 aliphatic heterocycles. The third-order valence-electron chi connectivity index (χ3n) is 6.23. The number of carbonyl (C=O) groups is 2. The van der Waals surface area contributed by atoms with Crippen LogP contribution in [0.2, 0.25) is 0 Å². The maximum Gasteiger partial charge on any atom is 0.330 e. The van der Waals surface area contributed by atoms with Crippen LogP contribution in [0.15, 0.2) is 34.9 Å². The molecule has 7 heteroatoms. The van der Waals surface area contributed by atoms with Crippen LogP contribution in [-0.2, 0) is 20.7 Å². The molecule has 0 N–H and O–H groups in total. The van der Waals surface area contributed by atoms with E-state index in [4.69, 9.17) is 4.52 Å². The average molecular weight is 454 g/mol. The summed E-state index contributed by atoms with van der Waals surface area (Å²) in [6.07, 6.45) is 12.0. The molecule has 1 unspecified atom stereocenters. The average Bonchev–Trinajstić information content (AvgIpc) is 3.26. The van der Waals surface area contributed by atoms with Crippen molar-refractivity contribution in [3.63, 3.8) is 0 Å². The van der Waals surface area contributed by atoms with Crippen molar-refractivity contribution in [1.29, 1.82) is 0 Å². The van der Waals surface area contributed by atoms with E-state index in [1.807, 2.05) is 36.1 Å². The van der Waals surface area contributed by atoms with Crippen LogP contribution in [0.1, 0.15) is 75.6 Å². The standard InChI is InChI=1S/C26H35N3O4/c1-19(10-7-8-15-24-27-20(2)28-33-24)29(26(31)22-12-5-4-6-13-22)23-14-9-11-21(18-23)16-17-25(30)32-3/h9,11,14,16-19,22H,4-8,10,12-13,15H2,1-3H3/b17-16+. The number of rotatable bonds is 10. The summed E-state index contributed by atoms with van der Waals surface area (Å²) in [4.78, 5) is 31.3. The first-order chi connectivity index (χ1) is 16.0. The highest BCUT2D eigenvalue weighted by atomic mass is 16.5. The topological polar surface area (TPSA) is 85.5 Å². The van der Waals surface area contributed by atoms with E-state index in [1.54, 1.807) is 6.08 Å². The monoisotopic (exact) mass is 453 g/mol. The summed E-state index contributed by atoms with van der Waals surface area (Å²) in [6, 6.07) is 7.86. The zero-order valence-corrected chi connectivity index (χ0v) is 20.0. The normalized spacial score (nSPS) is 15.5. The summed E-state index contributed by atoms with van der Waals surface area (Å²) in [5.41, 5.74) is 1.73. The summed E-state index contributed by atoms with van der Waals surface area (Å²) in [5, 5.41) is 3.84. The van der Waals surface area contributed by atoms with Crippen LogP contribution in [-0.4, -0.2) is 35.2 Å². The lowest BCUT2D eigenvalue weighted by Gasteiger charge is -2.34. The highest BCUT2D eigenvalue weighted by molar-refractivity contribution is 5.96. The zero-order valence-electron chi connectivity index (χ0n) is 20.0. The van der Waals surface area contributed by atoms with Crippen molar-refractivity contribution in [2.24, 2.45) is 5.92 Å². The fourth-order valence-electron chi connectivity index (χ4n) is 4.44. The van der Waals surface area contributed by atoms with E-state index in [1.165, 1.54) is 19.6 Å². The predicted molar refractivity (Wildman–Crippen MR) is 128 cm³/mol. The Bertz CT molecular complexity index is 947. The van der Waals surface area contributed by atoms with E-state index in [0.717, 1.165) is 62.6 Å². The van der Waals surface area contributed by atoms with Gasteiger partial charge in [-0.15, -0.1) is 0 Å². The number of benzene rings is 1. The molecule has 0 saturated heterocycles. The van der Waals surface area contributed by atoms with Crippen LogP contribution >= 0.6 is 0 Å². The first kappa shape index (κ1) is 24.7. The molecule has 1 aromatic heterocycles. The number of methoxy groups -OCH3 is 1. The molecule has 1 saturated carbocycles. The van der Waals surface area contributed by atoms with Gasteiger partial charge in [0.1, 0.15) is 0 Å². The molecule has 7 nitrogen and oxygen atoms in total. The number of ether oxygens (including phenoxy) is 1. The van der Waals surface area contributed by atoms with Gasteiger partial charge in [-0.1, -0.05) is 43.0 Å². The van der Waals surface area contributed by atoms with Gasteiger partial charge < -0.3 is 14.2 Å². The Morgan fingerprint density at radius 3 is 2.73 bits per heavy atom. The van der Waals surface area contributed by atoms with E-state index in [-0.39, 0.29) is 17.9 Å². The van der Waals surface area contributed by atoms with Gasteiger partial charge in [0.15, 0.2) is 5.82 Å². The van der Waals surface area contributed by atoms with Crippen LogP contribution in [0.3, 0.4) is 0 Å². The number of nitrogens with zero attached hydrogens (tertiary/aromatic N) is 3. The highest BCUT2D eigenvalue weighted by Gasteiger charge is 2.30. The lowest BCUT2D eigenvalue weighted by atomic mass is 9.87. The number of aromatic nitrogens is 2. The quantitative estimate of drug-likeness (QED) is 0.276. The molecular formula is C26H35N3O4. The molecule has 33 heavy (non-hydrogen) atoms. The van der Waals surface area contributed by atoms with E-state index in [0.29, 0.717) is 11.7 Å². The second-order valence-corrected chi connectivity index (χ2v) is 8.82. The van der Waals surface area contributed by atoms with Gasteiger partial charge in [-0.25, -0.2) is 4.79 Å². The lowest BCUT2D eigenvalue weighted by molar-refractivity contribution is -0.134. The number of anilines is 1. The number of hydrogen-bond acceptors (Lipinski definition) is 6. The molecule has 1 aliphatic carbocycles. The number of amides is 1. The molecule has 0 bridgehead atoms. The van der Waals surface area contributed by atoms with E-state index >= 15 is 0 Å². The molecule has 1 atom stereocenters. The van der Waals surface area contributed by atoms with Gasteiger partial charge in [0.05, 0.1) is 7.11 Å². The van der Waals surface area contributed by atoms with Gasteiger partial charge in [-0.2, -0.15) is 4.98 Å². The third kappa shape index (κ3) is 7.27. The van der Waals surface area contributed by atoms with Crippen molar-refractivity contribution >= 4 is 23.6 Å². The van der Waals surface area contributed by atoms with Crippen LogP contribution in [0.25, 0.3) is 6.08 Å². The van der Waals surface area contributed by atoms with Gasteiger partial charge in [-0.05, 0) is 63.3 Å². The minimum Gasteiger partial charge on any atom is -0.466 e. The van der Waals surface area contributed by atoms with Crippen molar-refractivity contribution in [3.05, 3.63) is 47.6 Å². The molecule has 3 rings (SSSR count). The number of esters is 1. The first-order valence-electron chi connectivity index (χ1n) is 12.0. The van der Waals surface area contributed by atoms with Crippen LogP contribution in [0.5, 0.6) is 0 Å². The summed E-state index contributed by atoms with van der Waals surface area (Å²) >= 11 is 0. The molecule has 178 valence electrons. The Kier molecular flexibility index (Phi) is 9.22. The Morgan fingerprint density at radius 2 is 2.03 bits per heavy atom. The smallest absolute Gasteiger partial charge is 0.330 e. The predicted octanol–water partition coefficient (Wildman–Crippen LogP) is 5.28. The molecule has 1 aromatic carbocycles. The Morgan fingerprint density at radius 1 is 1.24 bits per heavy atom. The maximum absolute atomic E-state index is 13.6. The van der Waals surface area contributed by atoms with Gasteiger partial charge >= 0.3 is 5.97 Å². The first-order valence-corrected chi connectivity index (χ1v) is 12.0. The second kappa shape index (κ2) is 12.3. The minimum atomic E-state index is -0.402. The molecular weight excluding hydrogens is 418 g/mol. The third-order valence-corrected chi connectivity index (χ3v) is 6.23. The SMILES string of the molecule is COC(=O)/C=C/c1cccc(N(C(=O)C2CCCCC2)C(C)CCCCc2nc(C)no2)c1. The summed E-state index contributed by atoms with van der Waals surface area (Å²) in [5.74, 6) is 1.21. The van der Waals surface area contributed by atoms with E-state index in [9.17, 15) is 9.59 Å². The molecule has 0 spiro atoms. The van der Waals surface area contributed by atoms with Crippen molar-refractivity contribution < 1.29 is 18.8 Å². The van der Waals surface area contributed by atoms with Crippen molar-refractivity contribution in [2.75, 3.05) is 12.0 Å². The summed E-state index contributed by atoms with van der Waals surface area (Å²) in [6.45, 7) is 3.94. The second-order valence-electron chi connectivity index (χ2n) is 8.82. The van der Waals surface area contributed by atoms with E-state index < -0.39 is 5.97 Å². The molecule has 1 fully saturated rings. The van der Waals surface area contributed by atoms with Crippen LogP contribution in [0.4, 0.5) is 5.69 Å². The number of hydrogen-bond donors (Lipinski definition) is 0. The summed E-state index contributed by atoms with van der Waals surface area (Å²) < 4.78 is 9.89. The highest BCUT2D eigenvalue weighted by Crippen LogP contribution is 2.30. The lowest BCUT2D eigenvalue weighted by Crippen LogP contribution is -2.43. The van der Waals surface area contributed by atoms with Crippen molar-refractivity contribution in [1.82, 2.24) is 10.1 Å². The van der Waals surface area contributed by atoms with Crippen LogP contribution in [0, 0.1) is 12.8 Å². The minimum absolute atomic E-state index is 0.0590. The summed E-state index contributed by atoms with van der Waals surface area (Å²) in [7, 11) is 1.36. The van der Waals surface area contributed by atoms with E-state index in [2.05, 4.69) is 21.8 Å². The van der Waals surface area contributed by atoms with Crippen molar-refractivity contribution in [2.45, 2.75) is 77.7 Å². The zero-order chi connectivity index (χ0) is 23.6. The Labute approximate surface area is 196 Å². The number of carbonyl (C=O) groups excluding carboxylic acids is 2. The molecule has 1 amide bonds. The molecule has 1 heterocycles. The van der Waals surface area contributed by atoms with Gasteiger partial charge in [0, 0.05) is 30.1 Å². The molecule has 2 aromatic rings. The fraction of sp³-hybridized carbons (Fsp3) is 0.538. The molecule has 0 radical (unpaired) electrons. The van der Waals surface area contributed by atoms with Gasteiger partial charge in [0.25, 0.3) is 0 Å². The van der Waals surface area contributed by atoms with Gasteiger partial charge in [0.2, 0.25) is 11.8 Å². The number of aryl methyl sites for hydroxylation is 2. The molecule has 1 aliphatic rings. The fourth-order valence-corrected chi connectivity index (χ4v) is 4.44. The van der Waals surface area contributed by atoms with Crippen molar-refractivity contribution in [3.8, 4) is 0 Å². The maximum atomic E-state index is 13.6. The number of unbranched alkanes of at least 4 members (excludes halogenated alkanes) is 1. The Hall–Kier alpha value is -2.96. The van der Waals surface area contributed by atoms with Gasteiger partial charge in [-0.3, -0.25) is 4.79 Å². The largest absolute Gasteiger partial charge is 0.466 e. The van der Waals surface area contributed by atoms with Crippen LogP contribution < -0.4 is 4.90 Å².